The number of rotatable bonds is 5. The third-order valence-corrected chi connectivity index (χ3v) is 5.08. The number of hydrogen-bond acceptors (Lipinski definition) is 3. The summed E-state index contributed by atoms with van der Waals surface area (Å²) in [6, 6.07) is 11.9. The predicted octanol–water partition coefficient (Wildman–Crippen LogP) is 2.89. The molecule has 0 fully saturated rings. The fraction of sp³-hybridized carbons (Fsp3) is 0.278. The maximum absolute atomic E-state index is 12.5. The molecule has 2 N–H and O–H groups in total. The van der Waals surface area contributed by atoms with Gasteiger partial charge < -0.3 is 10.6 Å². The number of thiophene rings is 1. The first-order chi connectivity index (χ1) is 10.7. The number of carbonyl (C=O) groups is 1. The quantitative estimate of drug-likeness (QED) is 0.863. The second-order valence-corrected chi connectivity index (χ2v) is 6.89. The Bertz CT molecular complexity index is 667. The number of amides is 1. The normalized spacial score (nSPS) is 14.7. The Morgan fingerprint density at radius 1 is 1.23 bits per heavy atom. The van der Waals surface area contributed by atoms with Gasteiger partial charge in [-0.25, -0.2) is 0 Å². The fourth-order valence-corrected chi connectivity index (χ4v) is 3.88. The van der Waals surface area contributed by atoms with Gasteiger partial charge in [-0.15, -0.1) is 17.9 Å². The molecule has 3 rings (SSSR count). The van der Waals surface area contributed by atoms with Gasteiger partial charge in [0, 0.05) is 29.3 Å². The summed E-state index contributed by atoms with van der Waals surface area (Å²) < 4.78 is 0. The van der Waals surface area contributed by atoms with Crippen LogP contribution in [0.25, 0.3) is 0 Å². The van der Waals surface area contributed by atoms with E-state index in [9.17, 15) is 4.79 Å². The zero-order valence-corrected chi connectivity index (χ0v) is 13.3. The maximum atomic E-state index is 12.5. The summed E-state index contributed by atoms with van der Waals surface area (Å²) in [7, 11) is 0. The van der Waals surface area contributed by atoms with Gasteiger partial charge >= 0.3 is 0 Å². The molecule has 1 aliphatic rings. The van der Waals surface area contributed by atoms with Gasteiger partial charge in [-0.05, 0) is 29.7 Å². The Labute approximate surface area is 135 Å². The van der Waals surface area contributed by atoms with E-state index in [1.54, 1.807) is 11.3 Å². The Morgan fingerprint density at radius 2 is 1.86 bits per heavy atom. The molecule has 1 aromatic carbocycles. The van der Waals surface area contributed by atoms with Crippen LogP contribution in [-0.2, 0) is 30.7 Å². The predicted molar refractivity (Wildman–Crippen MR) is 90.6 cm³/mol. The van der Waals surface area contributed by atoms with Crippen molar-refractivity contribution in [2.75, 3.05) is 0 Å². The first-order valence-electron chi connectivity index (χ1n) is 7.47. The van der Waals surface area contributed by atoms with Gasteiger partial charge in [0.05, 0.1) is 6.04 Å². The van der Waals surface area contributed by atoms with E-state index in [4.69, 9.17) is 5.73 Å². The van der Waals surface area contributed by atoms with E-state index in [0.29, 0.717) is 19.5 Å². The van der Waals surface area contributed by atoms with Crippen molar-refractivity contribution in [3.63, 3.8) is 0 Å². The van der Waals surface area contributed by atoms with E-state index in [2.05, 4.69) is 30.8 Å². The lowest BCUT2D eigenvalue weighted by molar-refractivity contribution is -0.133. The minimum Gasteiger partial charge on any atom is -0.333 e. The minimum absolute atomic E-state index is 0.0369. The number of allylic oxidation sites excluding steroid dienone is 1. The molecule has 1 aliphatic heterocycles. The molecule has 0 bridgehead atoms. The van der Waals surface area contributed by atoms with Crippen LogP contribution in [0.15, 0.2) is 49.1 Å². The Balaban J connectivity index is 1.61. The number of nitrogens with two attached hydrogens (primary N) is 1. The van der Waals surface area contributed by atoms with Crippen LogP contribution in [-0.4, -0.2) is 16.8 Å². The average Bonchev–Trinajstić information content (AvgIpc) is 3.13. The average molecular weight is 312 g/mol. The van der Waals surface area contributed by atoms with E-state index >= 15 is 0 Å². The highest BCUT2D eigenvalue weighted by atomic mass is 32.1. The van der Waals surface area contributed by atoms with Crippen molar-refractivity contribution in [3.05, 3.63) is 69.9 Å². The van der Waals surface area contributed by atoms with Crippen molar-refractivity contribution < 1.29 is 4.79 Å². The van der Waals surface area contributed by atoms with Crippen molar-refractivity contribution in [2.24, 2.45) is 5.73 Å². The molecule has 1 unspecified atom stereocenters. The molecule has 0 saturated carbocycles. The molecule has 2 aromatic rings. The lowest BCUT2D eigenvalue weighted by atomic mass is 10.1. The number of nitrogens with zero attached hydrogens (tertiary/aromatic N) is 1. The van der Waals surface area contributed by atoms with E-state index in [1.807, 2.05) is 23.1 Å². The number of benzene rings is 1. The van der Waals surface area contributed by atoms with Crippen LogP contribution < -0.4 is 5.73 Å². The van der Waals surface area contributed by atoms with Crippen LogP contribution in [0.4, 0.5) is 0 Å². The van der Waals surface area contributed by atoms with Crippen molar-refractivity contribution in [1.29, 1.82) is 0 Å². The SMILES string of the molecule is C=CCc1ccc(CC(N)C(=O)N2Cc3ccccc3C2)s1. The van der Waals surface area contributed by atoms with Crippen LogP contribution in [0.5, 0.6) is 0 Å². The van der Waals surface area contributed by atoms with Crippen molar-refractivity contribution in [1.82, 2.24) is 4.90 Å². The smallest absolute Gasteiger partial charge is 0.240 e. The van der Waals surface area contributed by atoms with Crippen molar-refractivity contribution in [2.45, 2.75) is 32.0 Å². The van der Waals surface area contributed by atoms with Crippen LogP contribution in [0, 0.1) is 0 Å². The summed E-state index contributed by atoms with van der Waals surface area (Å²) in [5.74, 6) is 0.0369. The highest BCUT2D eigenvalue weighted by Gasteiger charge is 2.27. The van der Waals surface area contributed by atoms with E-state index in [1.165, 1.54) is 16.0 Å². The molecule has 22 heavy (non-hydrogen) atoms. The fourth-order valence-electron chi connectivity index (χ4n) is 2.81. The van der Waals surface area contributed by atoms with Gasteiger partial charge in [-0.2, -0.15) is 0 Å². The standard InChI is InChI=1S/C18H20N2OS/c1-2-5-15-8-9-16(22-15)10-17(19)18(21)20-11-13-6-3-4-7-14(13)12-20/h2-4,6-9,17H,1,5,10-12,19H2. The topological polar surface area (TPSA) is 46.3 Å². The summed E-state index contributed by atoms with van der Waals surface area (Å²) in [5, 5.41) is 0. The number of carbonyl (C=O) groups excluding carboxylic acids is 1. The Morgan fingerprint density at radius 3 is 2.50 bits per heavy atom. The molecule has 1 aromatic heterocycles. The second kappa shape index (κ2) is 6.46. The molecular weight excluding hydrogens is 292 g/mol. The molecule has 0 saturated heterocycles. The molecular formula is C18H20N2OS. The first-order valence-corrected chi connectivity index (χ1v) is 8.28. The van der Waals surface area contributed by atoms with Gasteiger partial charge in [0.2, 0.25) is 5.91 Å². The summed E-state index contributed by atoms with van der Waals surface area (Å²) in [6.45, 7) is 5.10. The summed E-state index contributed by atoms with van der Waals surface area (Å²) in [5.41, 5.74) is 8.60. The highest BCUT2D eigenvalue weighted by molar-refractivity contribution is 7.12. The molecule has 4 heteroatoms. The molecule has 0 radical (unpaired) electrons. The molecule has 0 spiro atoms. The van der Waals surface area contributed by atoms with E-state index in [-0.39, 0.29) is 5.91 Å². The monoisotopic (exact) mass is 312 g/mol. The summed E-state index contributed by atoms with van der Waals surface area (Å²) in [4.78, 5) is 16.8. The lowest BCUT2D eigenvalue weighted by Gasteiger charge is -2.20. The highest BCUT2D eigenvalue weighted by Crippen LogP contribution is 2.24. The van der Waals surface area contributed by atoms with Gasteiger partial charge in [0.15, 0.2) is 0 Å². The molecule has 1 atom stereocenters. The van der Waals surface area contributed by atoms with Gasteiger partial charge in [-0.3, -0.25) is 4.79 Å². The minimum atomic E-state index is -0.468. The van der Waals surface area contributed by atoms with Gasteiger partial charge in [0.1, 0.15) is 0 Å². The zero-order chi connectivity index (χ0) is 15.5. The first kappa shape index (κ1) is 15.0. The molecule has 2 heterocycles. The summed E-state index contributed by atoms with van der Waals surface area (Å²) >= 11 is 1.71. The zero-order valence-electron chi connectivity index (χ0n) is 12.5. The maximum Gasteiger partial charge on any atom is 0.240 e. The number of hydrogen-bond donors (Lipinski definition) is 1. The second-order valence-electron chi connectivity index (χ2n) is 5.63. The summed E-state index contributed by atoms with van der Waals surface area (Å²) in [6.07, 6.45) is 3.37. The molecule has 1 amide bonds. The van der Waals surface area contributed by atoms with Crippen LogP contribution >= 0.6 is 11.3 Å². The van der Waals surface area contributed by atoms with E-state index in [0.717, 1.165) is 11.3 Å². The van der Waals surface area contributed by atoms with Crippen LogP contribution in [0.2, 0.25) is 0 Å². The van der Waals surface area contributed by atoms with Gasteiger partial charge in [0.25, 0.3) is 0 Å². The van der Waals surface area contributed by atoms with Crippen molar-refractivity contribution >= 4 is 17.2 Å². The van der Waals surface area contributed by atoms with E-state index < -0.39 is 6.04 Å². The van der Waals surface area contributed by atoms with Crippen molar-refractivity contribution in [3.8, 4) is 0 Å². The van der Waals surface area contributed by atoms with Crippen LogP contribution in [0.3, 0.4) is 0 Å². The Hall–Kier alpha value is -1.91. The van der Waals surface area contributed by atoms with Crippen LogP contribution in [0.1, 0.15) is 20.9 Å². The molecule has 3 nitrogen and oxygen atoms in total. The van der Waals surface area contributed by atoms with Gasteiger partial charge in [-0.1, -0.05) is 30.3 Å². The molecule has 114 valence electrons. The molecule has 0 aliphatic carbocycles. The number of fused-ring (bicyclic) bond motifs is 1. The Kier molecular flexibility index (Phi) is 4.41. The third-order valence-electron chi connectivity index (χ3n) is 3.95. The lowest BCUT2D eigenvalue weighted by Crippen LogP contribution is -2.42. The largest absolute Gasteiger partial charge is 0.333 e. The third kappa shape index (κ3) is 3.13.